The molecule has 0 aliphatic carbocycles. The number of anilines is 1. The number of ether oxygens (including phenoxy) is 1. The summed E-state index contributed by atoms with van der Waals surface area (Å²) < 4.78 is 5.07. The molecule has 1 aromatic carbocycles. The molecule has 1 aliphatic heterocycles. The van der Waals surface area contributed by atoms with Crippen molar-refractivity contribution in [3.63, 3.8) is 0 Å². The predicted octanol–water partition coefficient (Wildman–Crippen LogP) is 1.28. The molecule has 1 aromatic heterocycles. The molecule has 0 radical (unpaired) electrons. The maximum absolute atomic E-state index is 12.1. The Bertz CT molecular complexity index is 639. The Morgan fingerprint density at radius 3 is 2.68 bits per heavy atom. The SMILES string of the molecule is COc1ccc(C2(O)C(=O)Nc3ncccc32)cc1. The number of aliphatic hydroxyl groups is 1. The van der Waals surface area contributed by atoms with E-state index in [4.69, 9.17) is 4.74 Å². The first-order valence-electron chi connectivity index (χ1n) is 5.80. The normalized spacial score (nSPS) is 20.8. The van der Waals surface area contributed by atoms with E-state index in [-0.39, 0.29) is 0 Å². The molecule has 5 heteroatoms. The van der Waals surface area contributed by atoms with Gasteiger partial charge in [-0.05, 0) is 29.8 Å². The number of nitrogens with one attached hydrogen (secondary N) is 1. The molecule has 1 atom stereocenters. The Kier molecular flexibility index (Phi) is 2.50. The molecule has 1 amide bonds. The zero-order valence-electron chi connectivity index (χ0n) is 10.3. The Morgan fingerprint density at radius 1 is 1.26 bits per heavy atom. The highest BCUT2D eigenvalue weighted by Crippen LogP contribution is 2.39. The van der Waals surface area contributed by atoms with Gasteiger partial charge in [0.25, 0.3) is 5.91 Å². The van der Waals surface area contributed by atoms with E-state index in [1.54, 1.807) is 49.7 Å². The molecule has 1 unspecified atom stereocenters. The Labute approximate surface area is 109 Å². The largest absolute Gasteiger partial charge is 0.497 e. The van der Waals surface area contributed by atoms with Gasteiger partial charge in [-0.2, -0.15) is 0 Å². The molecule has 3 rings (SSSR count). The molecule has 19 heavy (non-hydrogen) atoms. The summed E-state index contributed by atoms with van der Waals surface area (Å²) >= 11 is 0. The molecule has 0 saturated heterocycles. The van der Waals surface area contributed by atoms with E-state index in [9.17, 15) is 9.90 Å². The molecule has 2 aromatic rings. The van der Waals surface area contributed by atoms with Crippen molar-refractivity contribution in [2.24, 2.45) is 0 Å². The molecule has 2 heterocycles. The quantitative estimate of drug-likeness (QED) is 0.849. The van der Waals surface area contributed by atoms with E-state index < -0.39 is 11.5 Å². The highest BCUT2D eigenvalue weighted by Gasteiger charge is 2.47. The first kappa shape index (κ1) is 11.7. The van der Waals surface area contributed by atoms with Gasteiger partial charge in [-0.1, -0.05) is 12.1 Å². The maximum Gasteiger partial charge on any atom is 0.267 e. The third kappa shape index (κ3) is 1.59. The molecule has 96 valence electrons. The number of aromatic nitrogens is 1. The van der Waals surface area contributed by atoms with Crippen molar-refractivity contribution >= 4 is 11.7 Å². The minimum Gasteiger partial charge on any atom is -0.497 e. The van der Waals surface area contributed by atoms with Gasteiger partial charge >= 0.3 is 0 Å². The lowest BCUT2D eigenvalue weighted by atomic mass is 9.88. The minimum absolute atomic E-state index is 0.394. The van der Waals surface area contributed by atoms with Crippen LogP contribution in [0.3, 0.4) is 0 Å². The fourth-order valence-electron chi connectivity index (χ4n) is 2.24. The van der Waals surface area contributed by atoms with Crippen LogP contribution in [0.15, 0.2) is 42.6 Å². The second-order valence-electron chi connectivity index (χ2n) is 4.29. The monoisotopic (exact) mass is 256 g/mol. The molecule has 1 aliphatic rings. The summed E-state index contributed by atoms with van der Waals surface area (Å²) in [6, 6.07) is 10.1. The van der Waals surface area contributed by atoms with Gasteiger partial charge in [0, 0.05) is 11.8 Å². The Hall–Kier alpha value is -2.40. The number of amides is 1. The van der Waals surface area contributed by atoms with Crippen LogP contribution in [0, 0.1) is 0 Å². The van der Waals surface area contributed by atoms with Gasteiger partial charge in [0.15, 0.2) is 5.60 Å². The van der Waals surface area contributed by atoms with Crippen molar-refractivity contribution in [2.45, 2.75) is 5.60 Å². The van der Waals surface area contributed by atoms with Crippen LogP contribution in [-0.4, -0.2) is 23.1 Å². The number of carbonyl (C=O) groups is 1. The maximum atomic E-state index is 12.1. The van der Waals surface area contributed by atoms with Gasteiger partial charge in [0.1, 0.15) is 11.6 Å². The third-order valence-corrected chi connectivity index (χ3v) is 3.27. The van der Waals surface area contributed by atoms with Crippen LogP contribution in [0.4, 0.5) is 5.82 Å². The van der Waals surface area contributed by atoms with Crippen LogP contribution >= 0.6 is 0 Å². The van der Waals surface area contributed by atoms with Crippen molar-refractivity contribution in [1.82, 2.24) is 4.98 Å². The molecule has 0 spiro atoms. The standard InChI is InChI=1S/C14H12N2O3/c1-19-10-6-4-9(5-7-10)14(18)11-3-2-8-15-12(11)16-13(14)17/h2-8,18H,1H3,(H,15,16,17). The summed E-state index contributed by atoms with van der Waals surface area (Å²) in [6.07, 6.45) is 1.57. The predicted molar refractivity (Wildman–Crippen MR) is 68.9 cm³/mol. The van der Waals surface area contributed by atoms with Gasteiger partial charge in [0.2, 0.25) is 0 Å². The summed E-state index contributed by atoms with van der Waals surface area (Å²) in [5, 5.41) is 13.3. The van der Waals surface area contributed by atoms with Crippen molar-refractivity contribution in [3.8, 4) is 5.75 Å². The van der Waals surface area contributed by atoms with E-state index >= 15 is 0 Å². The number of fused-ring (bicyclic) bond motifs is 1. The molecule has 0 fully saturated rings. The highest BCUT2D eigenvalue weighted by molar-refractivity contribution is 6.06. The number of hydrogen-bond acceptors (Lipinski definition) is 4. The Morgan fingerprint density at radius 2 is 2.00 bits per heavy atom. The lowest BCUT2D eigenvalue weighted by Crippen LogP contribution is -2.35. The van der Waals surface area contributed by atoms with Gasteiger partial charge < -0.3 is 15.2 Å². The molecular formula is C14H12N2O3. The van der Waals surface area contributed by atoms with Crippen LogP contribution in [0.5, 0.6) is 5.75 Å². The average Bonchev–Trinajstić information content (AvgIpc) is 2.72. The van der Waals surface area contributed by atoms with Crippen molar-refractivity contribution in [3.05, 3.63) is 53.7 Å². The van der Waals surface area contributed by atoms with E-state index in [0.717, 1.165) is 0 Å². The molecule has 0 saturated carbocycles. The first-order valence-corrected chi connectivity index (χ1v) is 5.80. The lowest BCUT2D eigenvalue weighted by molar-refractivity contribution is -0.129. The van der Waals surface area contributed by atoms with Gasteiger partial charge in [-0.15, -0.1) is 0 Å². The van der Waals surface area contributed by atoms with E-state index in [0.29, 0.717) is 22.7 Å². The van der Waals surface area contributed by atoms with E-state index in [1.807, 2.05) is 0 Å². The number of benzene rings is 1. The highest BCUT2D eigenvalue weighted by atomic mass is 16.5. The number of carbonyl (C=O) groups excluding carboxylic acids is 1. The number of hydrogen-bond donors (Lipinski definition) is 2. The zero-order chi connectivity index (χ0) is 13.5. The minimum atomic E-state index is -1.70. The van der Waals surface area contributed by atoms with E-state index in [2.05, 4.69) is 10.3 Å². The van der Waals surface area contributed by atoms with Crippen LogP contribution < -0.4 is 10.1 Å². The van der Waals surface area contributed by atoms with Crippen molar-refractivity contribution in [1.29, 1.82) is 0 Å². The summed E-state index contributed by atoms with van der Waals surface area (Å²) in [5.74, 6) is 0.564. The molecule has 0 bridgehead atoms. The average molecular weight is 256 g/mol. The smallest absolute Gasteiger partial charge is 0.267 e. The summed E-state index contributed by atoms with van der Waals surface area (Å²) in [6.45, 7) is 0. The van der Waals surface area contributed by atoms with Crippen molar-refractivity contribution in [2.75, 3.05) is 12.4 Å². The topological polar surface area (TPSA) is 71.5 Å². The summed E-state index contributed by atoms with van der Waals surface area (Å²) in [7, 11) is 1.56. The Balaban J connectivity index is 2.14. The fourth-order valence-corrected chi connectivity index (χ4v) is 2.24. The van der Waals surface area contributed by atoms with Crippen LogP contribution in [0.25, 0.3) is 0 Å². The van der Waals surface area contributed by atoms with Gasteiger partial charge in [0.05, 0.1) is 7.11 Å². The van der Waals surface area contributed by atoms with Crippen molar-refractivity contribution < 1.29 is 14.6 Å². The molecule has 2 N–H and O–H groups in total. The fraction of sp³-hybridized carbons (Fsp3) is 0.143. The summed E-state index contributed by atoms with van der Waals surface area (Å²) in [5.41, 5.74) is -0.752. The van der Waals surface area contributed by atoms with Crippen LogP contribution in [0.2, 0.25) is 0 Å². The number of nitrogens with zero attached hydrogens (tertiary/aromatic N) is 1. The van der Waals surface area contributed by atoms with Gasteiger partial charge in [-0.3, -0.25) is 4.79 Å². The van der Waals surface area contributed by atoms with Gasteiger partial charge in [-0.25, -0.2) is 4.98 Å². The number of pyridine rings is 1. The molecule has 5 nitrogen and oxygen atoms in total. The number of methoxy groups -OCH3 is 1. The molecular weight excluding hydrogens is 244 g/mol. The zero-order valence-corrected chi connectivity index (χ0v) is 10.3. The van der Waals surface area contributed by atoms with Crippen LogP contribution in [-0.2, 0) is 10.4 Å². The van der Waals surface area contributed by atoms with E-state index in [1.165, 1.54) is 0 Å². The second-order valence-corrected chi connectivity index (χ2v) is 4.29. The summed E-state index contributed by atoms with van der Waals surface area (Å²) in [4.78, 5) is 16.1. The first-order chi connectivity index (χ1) is 9.16. The van der Waals surface area contributed by atoms with Crippen LogP contribution in [0.1, 0.15) is 11.1 Å². The third-order valence-electron chi connectivity index (χ3n) is 3.27. The number of rotatable bonds is 2. The second kappa shape index (κ2) is 4.07. The lowest BCUT2D eigenvalue weighted by Gasteiger charge is -2.21.